The van der Waals surface area contributed by atoms with Gasteiger partial charge in [0.15, 0.2) is 5.82 Å². The first kappa shape index (κ1) is 15.6. The first-order valence-corrected chi connectivity index (χ1v) is 8.02. The first-order valence-electron chi connectivity index (χ1n) is 7.24. The number of hydrogen-bond acceptors (Lipinski definition) is 3. The van der Waals surface area contributed by atoms with E-state index < -0.39 is 0 Å². The van der Waals surface area contributed by atoms with Crippen LogP contribution in [0.3, 0.4) is 0 Å². The Morgan fingerprint density at radius 2 is 2.04 bits per heavy atom. The van der Waals surface area contributed by atoms with Gasteiger partial charge in [0.1, 0.15) is 0 Å². The standard InChI is InChI=1S/C17H15ClN4S/c1-2-12-6-8-13(9-7-12)11-19-22-16(20-21-17(22)23)14-4-3-5-15(18)10-14/h3-11H,2H2,1H3,(H,21,23). The molecule has 3 aromatic rings. The Balaban J connectivity index is 1.95. The molecule has 1 aromatic heterocycles. The molecule has 0 atom stereocenters. The molecule has 2 aromatic carbocycles. The molecule has 0 spiro atoms. The van der Waals surface area contributed by atoms with Crippen molar-refractivity contribution in [2.24, 2.45) is 5.10 Å². The first-order chi connectivity index (χ1) is 11.2. The number of nitrogens with zero attached hydrogens (tertiary/aromatic N) is 3. The van der Waals surface area contributed by atoms with Gasteiger partial charge in [-0.1, -0.05) is 54.9 Å². The summed E-state index contributed by atoms with van der Waals surface area (Å²) in [7, 11) is 0. The predicted molar refractivity (Wildman–Crippen MR) is 96.7 cm³/mol. The van der Waals surface area contributed by atoms with E-state index in [4.69, 9.17) is 23.8 Å². The van der Waals surface area contributed by atoms with Gasteiger partial charge in [0.2, 0.25) is 4.77 Å². The molecule has 0 aliphatic heterocycles. The number of H-pyrrole nitrogens is 1. The largest absolute Gasteiger partial charge is 0.250 e. The van der Waals surface area contributed by atoms with E-state index in [-0.39, 0.29) is 0 Å². The minimum absolute atomic E-state index is 0.432. The Bertz CT molecular complexity index is 893. The second-order valence-corrected chi connectivity index (χ2v) is 5.84. The van der Waals surface area contributed by atoms with Crippen molar-refractivity contribution in [3.05, 3.63) is 69.5 Å². The monoisotopic (exact) mass is 342 g/mol. The summed E-state index contributed by atoms with van der Waals surface area (Å²) in [6.07, 6.45) is 2.78. The van der Waals surface area contributed by atoms with Crippen molar-refractivity contribution in [1.29, 1.82) is 0 Å². The van der Waals surface area contributed by atoms with Gasteiger partial charge >= 0.3 is 0 Å². The Morgan fingerprint density at radius 1 is 1.26 bits per heavy atom. The average Bonchev–Trinajstić information content (AvgIpc) is 2.94. The number of hydrogen-bond donors (Lipinski definition) is 1. The molecule has 116 valence electrons. The minimum atomic E-state index is 0.432. The summed E-state index contributed by atoms with van der Waals surface area (Å²) < 4.78 is 2.02. The zero-order valence-corrected chi connectivity index (χ0v) is 14.1. The maximum atomic E-state index is 6.04. The summed E-state index contributed by atoms with van der Waals surface area (Å²) in [5.41, 5.74) is 3.15. The normalized spacial score (nSPS) is 11.2. The molecule has 1 heterocycles. The Labute approximate surface area is 144 Å². The number of rotatable bonds is 4. The van der Waals surface area contributed by atoms with Gasteiger partial charge in [-0.15, -0.1) is 0 Å². The van der Waals surface area contributed by atoms with Crippen LogP contribution in [0, 0.1) is 4.77 Å². The number of nitrogens with one attached hydrogen (secondary N) is 1. The molecule has 0 radical (unpaired) electrons. The summed E-state index contributed by atoms with van der Waals surface area (Å²) >= 11 is 11.3. The Hall–Kier alpha value is -2.24. The van der Waals surface area contributed by atoms with Gasteiger partial charge in [0, 0.05) is 10.6 Å². The van der Waals surface area contributed by atoms with Gasteiger partial charge in [-0.3, -0.25) is 0 Å². The van der Waals surface area contributed by atoms with Crippen LogP contribution in [0.15, 0.2) is 53.6 Å². The van der Waals surface area contributed by atoms with Crippen molar-refractivity contribution in [3.8, 4) is 11.4 Å². The van der Waals surface area contributed by atoms with E-state index in [0.29, 0.717) is 15.6 Å². The summed E-state index contributed by atoms with van der Waals surface area (Å²) in [5, 5.41) is 12.1. The lowest BCUT2D eigenvalue weighted by molar-refractivity contribution is 0.871. The average molecular weight is 343 g/mol. The van der Waals surface area contributed by atoms with E-state index in [2.05, 4.69) is 34.4 Å². The highest BCUT2D eigenvalue weighted by molar-refractivity contribution is 7.71. The molecule has 6 heteroatoms. The lowest BCUT2D eigenvalue weighted by atomic mass is 10.1. The molecule has 0 aliphatic carbocycles. The molecular formula is C17H15ClN4S. The van der Waals surface area contributed by atoms with Crippen LogP contribution in [0.25, 0.3) is 11.4 Å². The van der Waals surface area contributed by atoms with Crippen molar-refractivity contribution in [2.45, 2.75) is 13.3 Å². The third-order valence-corrected chi connectivity index (χ3v) is 3.94. The highest BCUT2D eigenvalue weighted by atomic mass is 35.5. The summed E-state index contributed by atoms with van der Waals surface area (Å²) in [4.78, 5) is 0. The van der Waals surface area contributed by atoms with Gasteiger partial charge in [0.05, 0.1) is 6.21 Å². The lowest BCUT2D eigenvalue weighted by Crippen LogP contribution is -1.95. The number of aryl methyl sites for hydroxylation is 1. The van der Waals surface area contributed by atoms with Gasteiger partial charge in [-0.2, -0.15) is 14.9 Å². The maximum Gasteiger partial charge on any atom is 0.216 e. The van der Waals surface area contributed by atoms with Crippen molar-refractivity contribution in [3.63, 3.8) is 0 Å². The smallest absolute Gasteiger partial charge is 0.216 e. The zero-order chi connectivity index (χ0) is 16.2. The van der Waals surface area contributed by atoms with Gasteiger partial charge in [0.25, 0.3) is 0 Å². The molecule has 0 amide bonds. The maximum absolute atomic E-state index is 6.04. The topological polar surface area (TPSA) is 46.0 Å². The Kier molecular flexibility index (Phi) is 4.69. The number of benzene rings is 2. The zero-order valence-electron chi connectivity index (χ0n) is 12.5. The van der Waals surface area contributed by atoms with Crippen LogP contribution in [0.2, 0.25) is 5.02 Å². The number of halogens is 1. The van der Waals surface area contributed by atoms with Crippen LogP contribution >= 0.6 is 23.8 Å². The second kappa shape index (κ2) is 6.89. The van der Waals surface area contributed by atoms with Crippen LogP contribution in [-0.4, -0.2) is 21.1 Å². The van der Waals surface area contributed by atoms with Crippen LogP contribution in [0.1, 0.15) is 18.1 Å². The number of aromatic amines is 1. The van der Waals surface area contributed by atoms with Crippen molar-refractivity contribution < 1.29 is 0 Å². The summed E-state index contributed by atoms with van der Waals surface area (Å²) in [6.45, 7) is 2.13. The number of aromatic nitrogens is 3. The highest BCUT2D eigenvalue weighted by Gasteiger charge is 2.08. The van der Waals surface area contributed by atoms with Gasteiger partial charge < -0.3 is 0 Å². The van der Waals surface area contributed by atoms with Gasteiger partial charge in [-0.05, 0) is 41.9 Å². The molecule has 23 heavy (non-hydrogen) atoms. The van der Waals surface area contributed by atoms with Crippen LogP contribution in [0.5, 0.6) is 0 Å². The van der Waals surface area contributed by atoms with Crippen molar-refractivity contribution in [2.75, 3.05) is 0 Å². The van der Waals surface area contributed by atoms with E-state index in [1.165, 1.54) is 5.56 Å². The Morgan fingerprint density at radius 3 is 2.74 bits per heavy atom. The SMILES string of the molecule is CCc1ccc(C=Nn2c(-c3cccc(Cl)c3)n[nH]c2=S)cc1. The van der Waals surface area contributed by atoms with Crippen LogP contribution < -0.4 is 0 Å². The fourth-order valence-corrected chi connectivity index (χ4v) is 2.55. The summed E-state index contributed by atoms with van der Waals surface area (Å²) in [6, 6.07) is 15.7. The van der Waals surface area contributed by atoms with Gasteiger partial charge in [-0.25, -0.2) is 5.10 Å². The third-order valence-electron chi connectivity index (χ3n) is 3.44. The molecule has 0 fully saturated rings. The molecule has 4 nitrogen and oxygen atoms in total. The predicted octanol–water partition coefficient (Wildman–Crippen LogP) is 4.71. The second-order valence-electron chi connectivity index (χ2n) is 5.01. The van der Waals surface area contributed by atoms with Crippen molar-refractivity contribution in [1.82, 2.24) is 14.9 Å². The molecule has 0 aliphatic rings. The van der Waals surface area contributed by atoms with E-state index >= 15 is 0 Å². The van der Waals surface area contributed by atoms with Crippen LogP contribution in [-0.2, 0) is 6.42 Å². The highest BCUT2D eigenvalue weighted by Crippen LogP contribution is 2.21. The minimum Gasteiger partial charge on any atom is -0.250 e. The summed E-state index contributed by atoms with van der Waals surface area (Å²) in [5.74, 6) is 0.624. The molecule has 1 N–H and O–H groups in total. The van der Waals surface area contributed by atoms with Crippen molar-refractivity contribution >= 4 is 30.0 Å². The lowest BCUT2D eigenvalue weighted by Gasteiger charge is -2.02. The van der Waals surface area contributed by atoms with Crippen LogP contribution in [0.4, 0.5) is 0 Å². The van der Waals surface area contributed by atoms with E-state index in [9.17, 15) is 0 Å². The molecular weight excluding hydrogens is 328 g/mol. The quantitative estimate of drug-likeness (QED) is 0.551. The molecule has 0 bridgehead atoms. The molecule has 0 saturated heterocycles. The third kappa shape index (κ3) is 3.57. The van der Waals surface area contributed by atoms with E-state index in [0.717, 1.165) is 17.5 Å². The van der Waals surface area contributed by atoms with E-state index in [1.807, 2.05) is 36.4 Å². The fraction of sp³-hybridized carbons (Fsp3) is 0.118. The molecule has 3 rings (SSSR count). The van der Waals surface area contributed by atoms with E-state index in [1.54, 1.807) is 10.9 Å². The fourth-order valence-electron chi connectivity index (χ4n) is 2.18. The molecule has 0 unspecified atom stereocenters. The molecule has 0 saturated carbocycles.